The van der Waals surface area contributed by atoms with Crippen LogP contribution in [0.5, 0.6) is 0 Å². The van der Waals surface area contributed by atoms with Crippen LogP contribution in [0.25, 0.3) is 0 Å². The molecule has 2 heterocycles. The number of hydrogen-bond acceptors (Lipinski definition) is 4. The molecular weight excluding hydrogens is 365 g/mol. The Labute approximate surface area is 152 Å². The molecule has 1 N–H and O–H groups in total. The van der Waals surface area contributed by atoms with E-state index in [1.54, 1.807) is 24.3 Å². The van der Waals surface area contributed by atoms with Crippen molar-refractivity contribution in [3.05, 3.63) is 34.9 Å². The first kappa shape index (κ1) is 18.8. The van der Waals surface area contributed by atoms with Gasteiger partial charge in [0.2, 0.25) is 5.91 Å². The van der Waals surface area contributed by atoms with Crippen molar-refractivity contribution < 1.29 is 18.8 Å². The number of morpholine rings is 2. The van der Waals surface area contributed by atoms with E-state index in [2.05, 4.69) is 5.09 Å². The van der Waals surface area contributed by atoms with Gasteiger partial charge in [-0.15, -0.1) is 0 Å². The zero-order chi connectivity index (χ0) is 17.7. The Kier molecular flexibility index (Phi) is 6.49. The largest absolute Gasteiger partial charge is 0.379 e. The third kappa shape index (κ3) is 4.82. The van der Waals surface area contributed by atoms with E-state index in [4.69, 9.17) is 21.1 Å². The quantitative estimate of drug-likeness (QED) is 0.776. The average Bonchev–Trinajstić information content (AvgIpc) is 2.65. The molecule has 0 aliphatic carbocycles. The molecule has 25 heavy (non-hydrogen) atoms. The van der Waals surface area contributed by atoms with E-state index in [9.17, 15) is 9.36 Å². The molecule has 0 unspecified atom stereocenters. The summed E-state index contributed by atoms with van der Waals surface area (Å²) in [4.78, 5) is 12.6. The maximum absolute atomic E-state index is 13.8. The van der Waals surface area contributed by atoms with Gasteiger partial charge in [0.25, 0.3) is 0 Å². The molecule has 0 saturated carbocycles. The molecule has 1 amide bonds. The van der Waals surface area contributed by atoms with Gasteiger partial charge in [-0.2, -0.15) is 0 Å². The number of halogens is 1. The Balaban J connectivity index is 1.72. The zero-order valence-electron chi connectivity index (χ0n) is 14.0. The Hall–Kier alpha value is -0.950. The van der Waals surface area contributed by atoms with Crippen LogP contribution in [0.3, 0.4) is 0 Å². The number of ether oxygens (including phenoxy) is 2. The van der Waals surface area contributed by atoms with E-state index in [-0.39, 0.29) is 12.3 Å². The zero-order valence-corrected chi connectivity index (χ0v) is 15.7. The molecular formula is C16H23ClN3O4P. The summed E-state index contributed by atoms with van der Waals surface area (Å²) in [5.41, 5.74) is 0.831. The number of hydrogen-bond donors (Lipinski definition) is 1. The second-order valence-corrected chi connectivity index (χ2v) is 8.89. The van der Waals surface area contributed by atoms with Crippen molar-refractivity contribution >= 4 is 25.1 Å². The van der Waals surface area contributed by atoms with Crippen LogP contribution in [-0.2, 0) is 25.3 Å². The Morgan fingerprint density at radius 1 is 1.00 bits per heavy atom. The molecule has 2 aliphatic heterocycles. The molecule has 0 bridgehead atoms. The standard InChI is InChI=1S/C16H23ClN3O4P/c17-15-3-1-14(2-4-15)13-16(21)18-25(22,19-5-9-23-10-6-19)20-7-11-24-12-8-20/h1-4H,5-13H2,(H,18,21,22). The fraction of sp³-hybridized carbons (Fsp3) is 0.562. The van der Waals surface area contributed by atoms with Gasteiger partial charge >= 0.3 is 7.59 Å². The van der Waals surface area contributed by atoms with Crippen molar-refractivity contribution in [2.75, 3.05) is 52.6 Å². The van der Waals surface area contributed by atoms with Crippen LogP contribution in [-0.4, -0.2) is 67.9 Å². The van der Waals surface area contributed by atoms with E-state index < -0.39 is 7.59 Å². The first-order valence-electron chi connectivity index (χ1n) is 8.40. The predicted molar refractivity (Wildman–Crippen MR) is 95.7 cm³/mol. The maximum Gasteiger partial charge on any atom is 0.311 e. The number of benzene rings is 1. The lowest BCUT2D eigenvalue weighted by molar-refractivity contribution is -0.119. The molecule has 1 aromatic carbocycles. The molecule has 0 aromatic heterocycles. The molecule has 1 aromatic rings. The summed E-state index contributed by atoms with van der Waals surface area (Å²) in [7, 11) is -3.19. The predicted octanol–water partition coefficient (Wildman–Crippen LogP) is 1.77. The van der Waals surface area contributed by atoms with Gasteiger partial charge in [0.15, 0.2) is 0 Å². The van der Waals surface area contributed by atoms with Gasteiger partial charge < -0.3 is 9.47 Å². The number of carbonyl (C=O) groups excluding carboxylic acids is 1. The van der Waals surface area contributed by atoms with Gasteiger partial charge in [0.05, 0.1) is 32.8 Å². The van der Waals surface area contributed by atoms with Gasteiger partial charge in [0.1, 0.15) is 0 Å². The minimum absolute atomic E-state index is 0.163. The lowest BCUT2D eigenvalue weighted by Gasteiger charge is -2.41. The van der Waals surface area contributed by atoms with E-state index in [1.807, 2.05) is 9.34 Å². The second-order valence-electron chi connectivity index (χ2n) is 6.01. The molecule has 3 rings (SSSR count). The Bertz CT molecular complexity index is 609. The first-order valence-corrected chi connectivity index (χ1v) is 10.4. The Morgan fingerprint density at radius 2 is 1.48 bits per heavy atom. The van der Waals surface area contributed by atoms with Crippen molar-refractivity contribution in [2.45, 2.75) is 6.42 Å². The van der Waals surface area contributed by atoms with Crippen molar-refractivity contribution in [2.24, 2.45) is 0 Å². The molecule has 2 fully saturated rings. The molecule has 0 atom stereocenters. The monoisotopic (exact) mass is 387 g/mol. The highest BCUT2D eigenvalue weighted by molar-refractivity contribution is 7.57. The Morgan fingerprint density at radius 3 is 1.96 bits per heavy atom. The lowest BCUT2D eigenvalue weighted by atomic mass is 10.1. The summed E-state index contributed by atoms with van der Waals surface area (Å²) in [5.74, 6) is -0.261. The summed E-state index contributed by atoms with van der Waals surface area (Å²) in [6.45, 7) is 4.21. The number of amides is 1. The van der Waals surface area contributed by atoms with Crippen LogP contribution < -0.4 is 5.09 Å². The third-order valence-corrected chi connectivity index (χ3v) is 7.42. The number of rotatable bonds is 5. The van der Waals surface area contributed by atoms with Gasteiger partial charge in [-0.3, -0.25) is 14.4 Å². The maximum atomic E-state index is 13.8. The molecule has 9 heteroatoms. The number of carbonyl (C=O) groups is 1. The molecule has 0 spiro atoms. The van der Waals surface area contributed by atoms with E-state index in [1.165, 1.54) is 0 Å². The molecule has 138 valence electrons. The van der Waals surface area contributed by atoms with Crippen LogP contribution >= 0.6 is 19.2 Å². The highest BCUT2D eigenvalue weighted by Gasteiger charge is 2.40. The van der Waals surface area contributed by atoms with Crippen molar-refractivity contribution in [3.63, 3.8) is 0 Å². The smallest absolute Gasteiger partial charge is 0.311 e. The van der Waals surface area contributed by atoms with Crippen molar-refractivity contribution in [3.8, 4) is 0 Å². The molecule has 0 radical (unpaired) electrons. The second kappa shape index (κ2) is 8.62. The van der Waals surface area contributed by atoms with Crippen LogP contribution in [0.2, 0.25) is 5.02 Å². The topological polar surface area (TPSA) is 71.1 Å². The van der Waals surface area contributed by atoms with Gasteiger partial charge in [-0.1, -0.05) is 23.7 Å². The van der Waals surface area contributed by atoms with Crippen LogP contribution in [0.4, 0.5) is 0 Å². The van der Waals surface area contributed by atoms with E-state index in [0.29, 0.717) is 57.6 Å². The van der Waals surface area contributed by atoms with Gasteiger partial charge in [-0.25, -0.2) is 9.34 Å². The average molecular weight is 388 g/mol. The van der Waals surface area contributed by atoms with Crippen molar-refractivity contribution in [1.82, 2.24) is 14.4 Å². The van der Waals surface area contributed by atoms with Crippen LogP contribution in [0.1, 0.15) is 5.56 Å². The van der Waals surface area contributed by atoms with Crippen LogP contribution in [0.15, 0.2) is 24.3 Å². The van der Waals surface area contributed by atoms with Crippen LogP contribution in [0, 0.1) is 0 Å². The van der Waals surface area contributed by atoms with Crippen molar-refractivity contribution in [1.29, 1.82) is 0 Å². The number of nitrogens with one attached hydrogen (secondary N) is 1. The minimum atomic E-state index is -3.19. The fourth-order valence-electron chi connectivity index (χ4n) is 2.96. The lowest BCUT2D eigenvalue weighted by Crippen LogP contribution is -2.48. The summed E-state index contributed by atoms with van der Waals surface area (Å²) in [6.07, 6.45) is 0.163. The molecule has 7 nitrogen and oxygen atoms in total. The summed E-state index contributed by atoms with van der Waals surface area (Å²) in [6, 6.07) is 7.09. The van der Waals surface area contributed by atoms with E-state index in [0.717, 1.165) is 5.56 Å². The van der Waals surface area contributed by atoms with E-state index >= 15 is 0 Å². The normalized spacial score (nSPS) is 20.4. The molecule has 2 saturated heterocycles. The number of nitrogens with zero attached hydrogens (tertiary/aromatic N) is 2. The fourth-order valence-corrected chi connectivity index (χ4v) is 5.54. The summed E-state index contributed by atoms with van der Waals surface area (Å²) in [5, 5.41) is 3.44. The SMILES string of the molecule is O=C(Cc1ccc(Cl)cc1)NP(=O)(N1CCOCC1)N1CCOCC1. The van der Waals surface area contributed by atoms with Gasteiger partial charge in [-0.05, 0) is 17.7 Å². The summed E-state index contributed by atoms with van der Waals surface area (Å²) >= 11 is 5.88. The highest BCUT2D eigenvalue weighted by atomic mass is 35.5. The summed E-state index contributed by atoms with van der Waals surface area (Å²) < 4.78 is 28.2. The third-order valence-electron chi connectivity index (χ3n) is 4.29. The van der Waals surface area contributed by atoms with Gasteiger partial charge in [0, 0.05) is 31.2 Å². The first-order chi connectivity index (χ1) is 12.1. The highest BCUT2D eigenvalue weighted by Crippen LogP contribution is 2.49. The molecule has 2 aliphatic rings. The minimum Gasteiger partial charge on any atom is -0.379 e.